The van der Waals surface area contributed by atoms with Crippen LogP contribution in [-0.4, -0.2) is 43.2 Å². The molecule has 0 radical (unpaired) electrons. The van der Waals surface area contributed by atoms with Crippen LogP contribution in [0.25, 0.3) is 11.1 Å². The molecule has 1 saturated carbocycles. The van der Waals surface area contributed by atoms with Crippen molar-refractivity contribution in [2.45, 2.75) is 50.6 Å². The summed E-state index contributed by atoms with van der Waals surface area (Å²) in [5, 5.41) is 12.9. The second kappa shape index (κ2) is 6.72. The predicted molar refractivity (Wildman–Crippen MR) is 113 cm³/mol. The first-order chi connectivity index (χ1) is 13.5. The van der Waals surface area contributed by atoms with Crippen LogP contribution in [-0.2, 0) is 6.42 Å². The average molecular weight is 373 g/mol. The highest BCUT2D eigenvalue weighted by atomic mass is 15.4. The topological polar surface area (TPSA) is 35.8 Å². The van der Waals surface area contributed by atoms with E-state index in [1.807, 2.05) is 13.0 Å². The van der Waals surface area contributed by atoms with Crippen molar-refractivity contribution < 1.29 is 4.48 Å². The summed E-state index contributed by atoms with van der Waals surface area (Å²) in [5.41, 5.74) is 7.64. The van der Waals surface area contributed by atoms with Crippen molar-refractivity contribution in [3.8, 4) is 17.2 Å². The van der Waals surface area contributed by atoms with Crippen molar-refractivity contribution in [2.24, 2.45) is 0 Å². The molecule has 2 aromatic carbocycles. The van der Waals surface area contributed by atoms with Gasteiger partial charge in [0.25, 0.3) is 0 Å². The molecule has 3 heteroatoms. The molecule has 28 heavy (non-hydrogen) atoms. The maximum absolute atomic E-state index is 9.26. The van der Waals surface area contributed by atoms with E-state index in [1.54, 1.807) is 11.1 Å². The predicted octanol–water partition coefficient (Wildman–Crippen LogP) is 4.14. The molecule has 3 saturated heterocycles. The zero-order valence-electron chi connectivity index (χ0n) is 17.0. The lowest BCUT2D eigenvalue weighted by Crippen LogP contribution is -2.73. The highest BCUT2D eigenvalue weighted by Crippen LogP contribution is 2.46. The molecule has 3 heterocycles. The number of nitriles is 1. The van der Waals surface area contributed by atoms with Crippen LogP contribution in [0.2, 0.25) is 0 Å². The van der Waals surface area contributed by atoms with E-state index in [9.17, 15) is 5.26 Å². The minimum Gasteiger partial charge on any atom is -0.323 e. The molecule has 2 bridgehead atoms. The standard InChI is InChI=1S/C25H30N3/c1-17-12-20(8-9-21(17)14-26)24-5-3-4-18(25(24)19-6-7-19)10-11-28(2)15-22-13-23(16-28)27-22/h3-5,8-9,12,19,22-23,27H,6-7,10-11,13,15-16H2,1-2H3/q+1. The fourth-order valence-corrected chi connectivity index (χ4v) is 5.51. The summed E-state index contributed by atoms with van der Waals surface area (Å²) < 4.78 is 1.21. The van der Waals surface area contributed by atoms with E-state index in [1.165, 1.54) is 60.9 Å². The molecular weight excluding hydrogens is 342 g/mol. The summed E-state index contributed by atoms with van der Waals surface area (Å²) in [4.78, 5) is 0. The maximum atomic E-state index is 9.26. The van der Waals surface area contributed by atoms with Crippen molar-refractivity contribution in [1.29, 1.82) is 5.26 Å². The summed E-state index contributed by atoms with van der Waals surface area (Å²) in [6.07, 6.45) is 5.19. The van der Waals surface area contributed by atoms with E-state index in [2.05, 4.69) is 48.8 Å². The van der Waals surface area contributed by atoms with Gasteiger partial charge in [0.1, 0.15) is 0 Å². The molecule has 0 aromatic heterocycles. The van der Waals surface area contributed by atoms with Gasteiger partial charge in [0.05, 0.1) is 50.4 Å². The summed E-state index contributed by atoms with van der Waals surface area (Å²) in [7, 11) is 2.45. The second-order valence-corrected chi connectivity index (χ2v) is 9.55. The van der Waals surface area contributed by atoms with Gasteiger partial charge in [0.15, 0.2) is 0 Å². The average Bonchev–Trinajstić information content (AvgIpc) is 3.50. The van der Waals surface area contributed by atoms with Crippen LogP contribution < -0.4 is 5.32 Å². The Kier molecular flexibility index (Phi) is 4.30. The Bertz CT molecular complexity index is 935. The molecule has 4 aliphatic rings. The van der Waals surface area contributed by atoms with Gasteiger partial charge < -0.3 is 9.80 Å². The van der Waals surface area contributed by atoms with Gasteiger partial charge in [-0.25, -0.2) is 0 Å². The Morgan fingerprint density at radius 2 is 1.89 bits per heavy atom. The van der Waals surface area contributed by atoms with Gasteiger partial charge >= 0.3 is 0 Å². The van der Waals surface area contributed by atoms with Crippen LogP contribution in [0.1, 0.15) is 47.4 Å². The monoisotopic (exact) mass is 372 g/mol. The Hall–Kier alpha value is -2.15. The lowest BCUT2D eigenvalue weighted by atomic mass is 9.87. The number of fused-ring (bicyclic) bond motifs is 2. The maximum Gasteiger partial charge on any atom is 0.0994 e. The highest BCUT2D eigenvalue weighted by Gasteiger charge is 2.44. The van der Waals surface area contributed by atoms with Gasteiger partial charge in [-0.3, -0.25) is 0 Å². The molecule has 144 valence electrons. The SMILES string of the molecule is Cc1cc(-c2cccc(CC[N+]3(C)CC4CC(C3)N4)c2C2CC2)ccc1C#N. The number of piperazine rings is 1. The van der Waals surface area contributed by atoms with Gasteiger partial charge in [0.2, 0.25) is 0 Å². The van der Waals surface area contributed by atoms with Crippen molar-refractivity contribution in [2.75, 3.05) is 26.7 Å². The first kappa shape index (κ1) is 17.9. The van der Waals surface area contributed by atoms with E-state index >= 15 is 0 Å². The van der Waals surface area contributed by atoms with Crippen LogP contribution in [0.15, 0.2) is 36.4 Å². The van der Waals surface area contributed by atoms with E-state index in [0.717, 1.165) is 29.1 Å². The Balaban J connectivity index is 1.44. The van der Waals surface area contributed by atoms with Crippen molar-refractivity contribution >= 4 is 0 Å². The second-order valence-electron chi connectivity index (χ2n) is 9.55. The third-order valence-corrected chi connectivity index (χ3v) is 7.12. The van der Waals surface area contributed by atoms with Crippen LogP contribution in [0.3, 0.4) is 0 Å². The van der Waals surface area contributed by atoms with Gasteiger partial charge in [0, 0.05) is 6.42 Å². The van der Waals surface area contributed by atoms with Crippen LogP contribution in [0, 0.1) is 18.3 Å². The molecular formula is C25H30N3+. The number of hydrogen-bond acceptors (Lipinski definition) is 2. The lowest BCUT2D eigenvalue weighted by molar-refractivity contribution is -0.921. The van der Waals surface area contributed by atoms with Crippen molar-refractivity contribution in [3.63, 3.8) is 0 Å². The van der Waals surface area contributed by atoms with Crippen LogP contribution in [0.4, 0.5) is 0 Å². The number of benzene rings is 2. The van der Waals surface area contributed by atoms with Crippen molar-refractivity contribution in [3.05, 3.63) is 58.7 Å². The van der Waals surface area contributed by atoms with Gasteiger partial charge in [-0.15, -0.1) is 0 Å². The van der Waals surface area contributed by atoms with Gasteiger partial charge in [-0.1, -0.05) is 30.3 Å². The molecule has 1 aliphatic carbocycles. The fourth-order valence-electron chi connectivity index (χ4n) is 5.51. The summed E-state index contributed by atoms with van der Waals surface area (Å²) in [5.74, 6) is 0.726. The van der Waals surface area contributed by atoms with Gasteiger partial charge in [-0.05, 0) is 66.0 Å². The summed E-state index contributed by atoms with van der Waals surface area (Å²) in [6, 6.07) is 17.0. The number of rotatable bonds is 5. The van der Waals surface area contributed by atoms with Crippen LogP contribution >= 0.6 is 0 Å². The molecule has 0 amide bonds. The van der Waals surface area contributed by atoms with E-state index in [4.69, 9.17) is 0 Å². The largest absolute Gasteiger partial charge is 0.323 e. The van der Waals surface area contributed by atoms with E-state index in [0.29, 0.717) is 0 Å². The minimum absolute atomic E-state index is 0.726. The quantitative estimate of drug-likeness (QED) is 0.801. The molecule has 3 nitrogen and oxygen atoms in total. The molecule has 1 N–H and O–H groups in total. The minimum atomic E-state index is 0.726. The normalized spacial score (nSPS) is 28.5. The number of nitrogens with one attached hydrogen (secondary N) is 1. The number of hydrogen-bond donors (Lipinski definition) is 1. The van der Waals surface area contributed by atoms with Crippen molar-refractivity contribution in [1.82, 2.24) is 5.32 Å². The first-order valence-corrected chi connectivity index (χ1v) is 10.8. The molecule has 4 fully saturated rings. The van der Waals surface area contributed by atoms with E-state index < -0.39 is 0 Å². The lowest BCUT2D eigenvalue weighted by Gasteiger charge is -2.52. The molecule has 6 rings (SSSR count). The molecule has 3 aliphatic heterocycles. The Morgan fingerprint density at radius 3 is 2.54 bits per heavy atom. The number of quaternary nitrogens is 1. The van der Waals surface area contributed by atoms with Gasteiger partial charge in [-0.2, -0.15) is 5.26 Å². The molecule has 0 spiro atoms. The molecule has 2 unspecified atom stereocenters. The summed E-state index contributed by atoms with van der Waals surface area (Å²) >= 11 is 0. The highest BCUT2D eigenvalue weighted by molar-refractivity contribution is 5.71. The third kappa shape index (κ3) is 3.26. The summed E-state index contributed by atoms with van der Waals surface area (Å²) in [6.45, 7) is 5.85. The number of piperidine rings is 1. The zero-order valence-corrected chi connectivity index (χ0v) is 17.0. The fraction of sp³-hybridized carbons (Fsp3) is 0.480. The third-order valence-electron chi connectivity index (χ3n) is 7.12. The molecule has 2 atom stereocenters. The Labute approximate surface area is 168 Å². The molecule has 2 aromatic rings. The number of nitrogens with zero attached hydrogens (tertiary/aromatic N) is 2. The first-order valence-electron chi connectivity index (χ1n) is 10.8. The smallest absolute Gasteiger partial charge is 0.0994 e. The van der Waals surface area contributed by atoms with E-state index in [-0.39, 0.29) is 0 Å². The Morgan fingerprint density at radius 1 is 1.14 bits per heavy atom. The van der Waals surface area contributed by atoms with Crippen LogP contribution in [0.5, 0.6) is 0 Å². The number of likely N-dealkylation sites (N-methyl/N-ethyl adjacent to an activating group) is 1. The number of aryl methyl sites for hydroxylation is 1. The zero-order chi connectivity index (χ0) is 19.3.